The third-order valence-electron chi connectivity index (χ3n) is 5.47. The molecule has 31 heavy (non-hydrogen) atoms. The van der Waals surface area contributed by atoms with Crippen LogP contribution in [-0.4, -0.2) is 64.3 Å². The van der Waals surface area contributed by atoms with E-state index in [9.17, 15) is 4.79 Å². The molecule has 0 unspecified atom stereocenters. The Morgan fingerprint density at radius 1 is 1.10 bits per heavy atom. The van der Waals surface area contributed by atoms with Crippen LogP contribution < -0.4 is 0 Å². The number of aromatic nitrogens is 2. The molecule has 1 aliphatic rings. The second-order valence-corrected chi connectivity index (χ2v) is 10.4. The van der Waals surface area contributed by atoms with Crippen LogP contribution in [-0.2, 0) is 11.3 Å². The van der Waals surface area contributed by atoms with Gasteiger partial charge in [0.25, 0.3) is 0 Å². The molecule has 0 N–H and O–H groups in total. The Morgan fingerprint density at radius 2 is 1.77 bits per heavy atom. The molecule has 0 amide bonds. The van der Waals surface area contributed by atoms with Crippen LogP contribution in [0.5, 0.6) is 0 Å². The zero-order valence-electron chi connectivity index (χ0n) is 18.6. The van der Waals surface area contributed by atoms with Crippen LogP contribution in [0.1, 0.15) is 26.3 Å². The highest BCUT2D eigenvalue weighted by atomic mass is 127. The van der Waals surface area contributed by atoms with Gasteiger partial charge in [-0.15, -0.1) is 0 Å². The summed E-state index contributed by atoms with van der Waals surface area (Å²) in [6, 6.07) is 10.8. The molecule has 1 aromatic carbocycles. The second-order valence-electron chi connectivity index (χ2n) is 9.20. The summed E-state index contributed by atoms with van der Waals surface area (Å²) >= 11 is 2.25. The third kappa shape index (κ3) is 5.27. The Bertz CT molecular complexity index is 1080. The summed E-state index contributed by atoms with van der Waals surface area (Å²) in [6.07, 6.45) is 3.21. The lowest BCUT2D eigenvalue weighted by Gasteiger charge is -2.32. The number of hydrogen-bond acceptors (Lipinski definition) is 5. The lowest BCUT2D eigenvalue weighted by atomic mass is 10.0. The summed E-state index contributed by atoms with van der Waals surface area (Å²) in [6.45, 7) is 11.1. The molecule has 0 bridgehead atoms. The highest BCUT2D eigenvalue weighted by Crippen LogP contribution is 2.28. The molecule has 1 fully saturated rings. The molecule has 0 saturated carbocycles. The summed E-state index contributed by atoms with van der Waals surface area (Å²) in [4.78, 5) is 22.0. The standard InChI is InChI=1S/C24H29IN4O2/c1-24(2,3)31-23(30)29-16-21(25)20-13-19(14-26-22(20)29)18-7-5-17(6-8-18)15-28-11-9-27(4)10-12-28/h5-8,13-14,16H,9-12,15H2,1-4H3. The van der Waals surface area contributed by atoms with Crippen LogP contribution in [0.2, 0.25) is 0 Å². The maximum atomic E-state index is 12.6. The van der Waals surface area contributed by atoms with E-state index in [-0.39, 0.29) is 0 Å². The van der Waals surface area contributed by atoms with Crippen molar-refractivity contribution in [3.63, 3.8) is 0 Å². The smallest absolute Gasteiger partial charge is 0.420 e. The molecule has 2 aromatic heterocycles. The first kappa shape index (κ1) is 22.2. The van der Waals surface area contributed by atoms with Crippen LogP contribution in [0.15, 0.2) is 42.7 Å². The molecule has 1 aliphatic heterocycles. The number of carbonyl (C=O) groups excluding carboxylic acids is 1. The topological polar surface area (TPSA) is 50.6 Å². The lowest BCUT2D eigenvalue weighted by molar-refractivity contribution is 0.0543. The van der Waals surface area contributed by atoms with Crippen molar-refractivity contribution in [3.8, 4) is 11.1 Å². The Kier molecular flexibility index (Phi) is 6.37. The Balaban J connectivity index is 1.53. The Morgan fingerprint density at radius 3 is 2.42 bits per heavy atom. The van der Waals surface area contributed by atoms with Crippen molar-refractivity contribution in [3.05, 3.63) is 51.9 Å². The van der Waals surface area contributed by atoms with E-state index in [1.807, 2.05) is 27.0 Å². The highest BCUT2D eigenvalue weighted by molar-refractivity contribution is 14.1. The van der Waals surface area contributed by atoms with E-state index in [4.69, 9.17) is 4.74 Å². The Labute approximate surface area is 197 Å². The minimum atomic E-state index is -0.551. The third-order valence-corrected chi connectivity index (χ3v) is 6.33. The van der Waals surface area contributed by atoms with E-state index in [2.05, 4.69) is 74.8 Å². The first-order chi connectivity index (χ1) is 14.7. The van der Waals surface area contributed by atoms with Crippen LogP contribution in [0.25, 0.3) is 22.2 Å². The van der Waals surface area contributed by atoms with Gasteiger partial charge >= 0.3 is 6.09 Å². The maximum absolute atomic E-state index is 12.6. The van der Waals surface area contributed by atoms with E-state index in [1.54, 1.807) is 6.20 Å². The van der Waals surface area contributed by atoms with Crippen molar-refractivity contribution < 1.29 is 9.53 Å². The molecule has 7 heteroatoms. The van der Waals surface area contributed by atoms with Crippen molar-refractivity contribution in [1.82, 2.24) is 19.4 Å². The van der Waals surface area contributed by atoms with Crippen molar-refractivity contribution in [2.24, 2.45) is 0 Å². The first-order valence-electron chi connectivity index (χ1n) is 10.6. The minimum absolute atomic E-state index is 0.408. The fourth-order valence-corrected chi connectivity index (χ4v) is 4.42. The second kappa shape index (κ2) is 8.88. The molecule has 0 radical (unpaired) electrons. The van der Waals surface area contributed by atoms with Gasteiger partial charge in [-0.3, -0.25) is 4.90 Å². The number of carbonyl (C=O) groups is 1. The quantitative estimate of drug-likeness (QED) is 0.452. The van der Waals surface area contributed by atoms with Crippen molar-refractivity contribution in [1.29, 1.82) is 0 Å². The summed E-state index contributed by atoms with van der Waals surface area (Å²) in [5.41, 5.74) is 3.56. The molecule has 1 saturated heterocycles. The van der Waals surface area contributed by atoms with Crippen LogP contribution in [0, 0.1) is 3.57 Å². The van der Waals surface area contributed by atoms with E-state index in [1.165, 1.54) is 10.1 Å². The summed E-state index contributed by atoms with van der Waals surface area (Å²) in [7, 11) is 2.18. The van der Waals surface area contributed by atoms with Gasteiger partial charge in [-0.05, 0) is 67.6 Å². The van der Waals surface area contributed by atoms with Gasteiger partial charge in [-0.25, -0.2) is 14.3 Å². The Hall–Kier alpha value is -1.97. The molecule has 3 aromatic rings. The zero-order chi connectivity index (χ0) is 22.2. The van der Waals surface area contributed by atoms with Crippen molar-refractivity contribution in [2.75, 3.05) is 33.2 Å². The van der Waals surface area contributed by atoms with E-state index in [0.29, 0.717) is 5.65 Å². The molecule has 6 nitrogen and oxygen atoms in total. The van der Waals surface area contributed by atoms with Gasteiger partial charge in [-0.2, -0.15) is 0 Å². The zero-order valence-corrected chi connectivity index (χ0v) is 20.7. The van der Waals surface area contributed by atoms with Crippen LogP contribution >= 0.6 is 22.6 Å². The van der Waals surface area contributed by atoms with E-state index < -0.39 is 11.7 Å². The van der Waals surface area contributed by atoms with Crippen LogP contribution in [0.3, 0.4) is 0 Å². The fourth-order valence-electron chi connectivity index (χ4n) is 3.74. The number of rotatable bonds is 3. The molecule has 0 atom stereocenters. The van der Waals surface area contributed by atoms with Gasteiger partial charge in [0.2, 0.25) is 0 Å². The van der Waals surface area contributed by atoms with Gasteiger partial charge in [-0.1, -0.05) is 24.3 Å². The van der Waals surface area contributed by atoms with Gasteiger partial charge in [0.05, 0.1) is 0 Å². The summed E-state index contributed by atoms with van der Waals surface area (Å²) in [5.74, 6) is 0. The predicted molar refractivity (Wildman–Crippen MR) is 132 cm³/mol. The van der Waals surface area contributed by atoms with E-state index in [0.717, 1.165) is 52.8 Å². The molecule has 164 valence electrons. The van der Waals surface area contributed by atoms with Crippen molar-refractivity contribution >= 4 is 39.7 Å². The van der Waals surface area contributed by atoms with Crippen LogP contribution in [0.4, 0.5) is 4.79 Å². The van der Waals surface area contributed by atoms with Gasteiger partial charge < -0.3 is 9.64 Å². The average Bonchev–Trinajstić information content (AvgIpc) is 3.05. The van der Waals surface area contributed by atoms with E-state index >= 15 is 0 Å². The number of piperazine rings is 1. The van der Waals surface area contributed by atoms with Gasteiger partial charge in [0.1, 0.15) is 5.60 Å². The molecular formula is C24H29IN4O2. The largest absolute Gasteiger partial charge is 0.443 e. The number of benzene rings is 1. The molecular weight excluding hydrogens is 503 g/mol. The SMILES string of the molecule is CN1CCN(Cc2ccc(-c3cnc4c(c3)c(I)cn4C(=O)OC(C)(C)C)cc2)CC1. The minimum Gasteiger partial charge on any atom is -0.443 e. The monoisotopic (exact) mass is 532 g/mol. The normalized spacial score (nSPS) is 16.0. The highest BCUT2D eigenvalue weighted by Gasteiger charge is 2.21. The van der Waals surface area contributed by atoms with Crippen molar-refractivity contribution in [2.45, 2.75) is 32.9 Å². The fraction of sp³-hybridized carbons (Fsp3) is 0.417. The predicted octanol–water partition coefficient (Wildman–Crippen LogP) is 4.84. The summed E-state index contributed by atoms with van der Waals surface area (Å²) in [5, 5.41) is 0.950. The number of pyridine rings is 1. The number of likely N-dealkylation sites (N-methyl/N-ethyl adjacent to an activating group) is 1. The molecule has 4 rings (SSSR count). The number of halogens is 1. The number of nitrogens with zero attached hydrogens (tertiary/aromatic N) is 4. The molecule has 0 aliphatic carbocycles. The number of hydrogen-bond donors (Lipinski definition) is 0. The maximum Gasteiger partial charge on any atom is 0.420 e. The number of fused-ring (bicyclic) bond motifs is 1. The first-order valence-corrected chi connectivity index (χ1v) is 11.7. The average molecular weight is 532 g/mol. The molecule has 3 heterocycles. The summed E-state index contributed by atoms with van der Waals surface area (Å²) < 4.78 is 7.98. The lowest BCUT2D eigenvalue weighted by Crippen LogP contribution is -2.43. The molecule has 0 spiro atoms. The van der Waals surface area contributed by atoms with Gasteiger partial charge in [0.15, 0.2) is 5.65 Å². The number of ether oxygens (including phenoxy) is 1. The van der Waals surface area contributed by atoms with Gasteiger partial charge in [0, 0.05) is 59.6 Å².